The molecule has 0 bridgehead atoms. The van der Waals surface area contributed by atoms with E-state index in [1.165, 1.54) is 24.3 Å². The van der Waals surface area contributed by atoms with Gasteiger partial charge in [0.25, 0.3) is 0 Å². The molecule has 1 aromatic carbocycles. The van der Waals surface area contributed by atoms with Crippen LogP contribution >= 0.6 is 0 Å². The molecule has 0 radical (unpaired) electrons. The number of nitrogens with two attached hydrogens (primary N) is 1. The van der Waals surface area contributed by atoms with Crippen molar-refractivity contribution in [3.8, 4) is 5.75 Å². The van der Waals surface area contributed by atoms with E-state index >= 15 is 0 Å². The third kappa shape index (κ3) is 5.73. The first-order valence-electron chi connectivity index (χ1n) is 7.92. The topological polar surface area (TPSA) is 116 Å². The van der Waals surface area contributed by atoms with Crippen LogP contribution in [0.25, 0.3) is 0 Å². The summed E-state index contributed by atoms with van der Waals surface area (Å²) >= 11 is 0. The second-order valence-corrected chi connectivity index (χ2v) is 10.1. The summed E-state index contributed by atoms with van der Waals surface area (Å²) < 4.78 is 55.0. The third-order valence-electron chi connectivity index (χ3n) is 3.97. The summed E-state index contributed by atoms with van der Waals surface area (Å²) in [6.45, 7) is 1.84. The third-order valence-corrected chi connectivity index (χ3v) is 7.08. The van der Waals surface area contributed by atoms with Gasteiger partial charge in [-0.3, -0.25) is 0 Å². The van der Waals surface area contributed by atoms with Crippen molar-refractivity contribution in [1.82, 2.24) is 4.72 Å². The van der Waals surface area contributed by atoms with Gasteiger partial charge in [0.15, 0.2) is 9.84 Å². The van der Waals surface area contributed by atoms with Crippen LogP contribution in [0, 0.1) is 5.92 Å². The molecular formula is C15H24N2O5S2. The molecule has 1 unspecified atom stereocenters. The molecule has 1 aromatic rings. The SMILES string of the molecule is CCS(=O)(=O)CCOc1ccc(S(=O)(=O)NCC(N)C2CC2)cc1. The zero-order valence-corrected chi connectivity index (χ0v) is 15.3. The summed E-state index contributed by atoms with van der Waals surface area (Å²) in [6, 6.07) is 5.72. The van der Waals surface area contributed by atoms with Crippen LogP contribution in [0.4, 0.5) is 0 Å². The average molecular weight is 377 g/mol. The van der Waals surface area contributed by atoms with E-state index in [1.807, 2.05) is 0 Å². The minimum absolute atomic E-state index is 0.0385. The van der Waals surface area contributed by atoms with Gasteiger partial charge in [0.05, 0.1) is 10.6 Å². The molecule has 1 fully saturated rings. The van der Waals surface area contributed by atoms with E-state index in [9.17, 15) is 16.8 Å². The maximum Gasteiger partial charge on any atom is 0.240 e. The van der Waals surface area contributed by atoms with Crippen LogP contribution in [0.5, 0.6) is 5.75 Å². The quantitative estimate of drug-likeness (QED) is 0.615. The number of hydrogen-bond donors (Lipinski definition) is 2. The predicted molar refractivity (Wildman–Crippen MR) is 92.2 cm³/mol. The monoisotopic (exact) mass is 376 g/mol. The second kappa shape index (κ2) is 7.81. The highest BCUT2D eigenvalue weighted by atomic mass is 32.2. The molecule has 3 N–H and O–H groups in total. The number of ether oxygens (including phenoxy) is 1. The van der Waals surface area contributed by atoms with Crippen LogP contribution in [0.15, 0.2) is 29.2 Å². The second-order valence-electron chi connectivity index (χ2n) is 5.91. The molecule has 1 aliphatic rings. The van der Waals surface area contributed by atoms with Crippen molar-refractivity contribution >= 4 is 19.9 Å². The largest absolute Gasteiger partial charge is 0.493 e. The van der Waals surface area contributed by atoms with Crippen molar-refractivity contribution in [2.24, 2.45) is 11.7 Å². The molecule has 0 aliphatic heterocycles. The van der Waals surface area contributed by atoms with Gasteiger partial charge < -0.3 is 10.5 Å². The Bertz CT molecular complexity index is 741. The first-order chi connectivity index (χ1) is 11.2. The number of hydrogen-bond acceptors (Lipinski definition) is 6. The van der Waals surface area contributed by atoms with Crippen molar-refractivity contribution in [2.45, 2.75) is 30.7 Å². The molecule has 2 rings (SSSR count). The maximum atomic E-state index is 12.2. The van der Waals surface area contributed by atoms with Crippen LogP contribution in [-0.4, -0.2) is 47.5 Å². The Morgan fingerprint density at radius 2 is 1.83 bits per heavy atom. The van der Waals surface area contributed by atoms with Crippen molar-refractivity contribution in [3.05, 3.63) is 24.3 Å². The number of sulfonamides is 1. The Kier molecular flexibility index (Phi) is 6.24. The lowest BCUT2D eigenvalue weighted by Crippen LogP contribution is -2.38. The fourth-order valence-corrected chi connectivity index (χ4v) is 3.83. The van der Waals surface area contributed by atoms with Gasteiger partial charge in [-0.15, -0.1) is 0 Å². The summed E-state index contributed by atoms with van der Waals surface area (Å²) in [4.78, 5) is 0.124. The minimum Gasteiger partial charge on any atom is -0.493 e. The standard InChI is InChI=1S/C15H24N2O5S2/c1-2-23(18,19)10-9-22-13-5-7-14(8-6-13)24(20,21)17-11-15(16)12-3-4-12/h5-8,12,15,17H,2-4,9-11,16H2,1H3. The van der Waals surface area contributed by atoms with Crippen LogP contribution < -0.4 is 15.2 Å². The molecular weight excluding hydrogens is 352 g/mol. The number of rotatable bonds is 10. The van der Waals surface area contributed by atoms with Gasteiger partial charge in [0.1, 0.15) is 12.4 Å². The summed E-state index contributed by atoms with van der Waals surface area (Å²) in [5, 5.41) is 0. The van der Waals surface area contributed by atoms with Crippen molar-refractivity contribution in [1.29, 1.82) is 0 Å². The Labute approximate surface area is 143 Å². The zero-order chi connectivity index (χ0) is 17.8. The Hall–Kier alpha value is -1.16. The zero-order valence-electron chi connectivity index (χ0n) is 13.6. The van der Waals surface area contributed by atoms with E-state index < -0.39 is 19.9 Å². The molecule has 7 nitrogen and oxygen atoms in total. The highest BCUT2D eigenvalue weighted by Crippen LogP contribution is 2.31. The maximum absolute atomic E-state index is 12.2. The average Bonchev–Trinajstić information content (AvgIpc) is 3.38. The lowest BCUT2D eigenvalue weighted by atomic mass is 10.2. The van der Waals surface area contributed by atoms with E-state index in [0.717, 1.165) is 12.8 Å². The number of sulfone groups is 1. The van der Waals surface area contributed by atoms with E-state index in [4.69, 9.17) is 10.5 Å². The van der Waals surface area contributed by atoms with Crippen molar-refractivity contribution in [3.63, 3.8) is 0 Å². The summed E-state index contributed by atoms with van der Waals surface area (Å²) in [7, 11) is -6.69. The van der Waals surface area contributed by atoms with Crippen molar-refractivity contribution in [2.75, 3.05) is 24.7 Å². The minimum atomic E-state index is -3.61. The first kappa shape index (κ1) is 19.2. The highest BCUT2D eigenvalue weighted by molar-refractivity contribution is 7.91. The molecule has 0 heterocycles. The van der Waals surface area contributed by atoms with Gasteiger partial charge in [0.2, 0.25) is 10.0 Å². The molecule has 0 amide bonds. The van der Waals surface area contributed by atoms with Crippen LogP contribution in [0.2, 0.25) is 0 Å². The number of nitrogens with one attached hydrogen (secondary N) is 1. The molecule has 0 aromatic heterocycles. The van der Waals surface area contributed by atoms with E-state index in [2.05, 4.69) is 4.72 Å². The van der Waals surface area contributed by atoms with Gasteiger partial charge in [0, 0.05) is 18.3 Å². The van der Waals surface area contributed by atoms with E-state index in [-0.39, 0.29) is 35.6 Å². The first-order valence-corrected chi connectivity index (χ1v) is 11.2. The summed E-state index contributed by atoms with van der Waals surface area (Å²) in [5.74, 6) is 0.852. The van der Waals surface area contributed by atoms with Gasteiger partial charge in [-0.1, -0.05) is 6.92 Å². The van der Waals surface area contributed by atoms with Gasteiger partial charge in [-0.05, 0) is 43.0 Å². The fraction of sp³-hybridized carbons (Fsp3) is 0.600. The van der Waals surface area contributed by atoms with Gasteiger partial charge >= 0.3 is 0 Å². The van der Waals surface area contributed by atoms with Crippen LogP contribution in [-0.2, 0) is 19.9 Å². The van der Waals surface area contributed by atoms with Crippen molar-refractivity contribution < 1.29 is 21.6 Å². The van der Waals surface area contributed by atoms with E-state index in [1.54, 1.807) is 6.92 Å². The highest BCUT2D eigenvalue weighted by Gasteiger charge is 2.29. The molecule has 24 heavy (non-hydrogen) atoms. The van der Waals surface area contributed by atoms with Gasteiger partial charge in [-0.2, -0.15) is 0 Å². The number of benzene rings is 1. The predicted octanol–water partition coefficient (Wildman–Crippen LogP) is 0.516. The molecule has 1 aliphatic carbocycles. The molecule has 1 saturated carbocycles. The van der Waals surface area contributed by atoms with E-state index in [0.29, 0.717) is 11.7 Å². The summed E-state index contributed by atoms with van der Waals surface area (Å²) in [5.41, 5.74) is 5.89. The molecule has 0 spiro atoms. The van der Waals surface area contributed by atoms with Gasteiger partial charge in [-0.25, -0.2) is 21.6 Å². The molecule has 136 valence electrons. The Morgan fingerprint density at radius 1 is 1.21 bits per heavy atom. The van der Waals surface area contributed by atoms with Crippen LogP contribution in [0.3, 0.4) is 0 Å². The van der Waals surface area contributed by atoms with Crippen LogP contribution in [0.1, 0.15) is 19.8 Å². The lowest BCUT2D eigenvalue weighted by Gasteiger charge is -2.12. The molecule has 0 saturated heterocycles. The smallest absolute Gasteiger partial charge is 0.240 e. The summed E-state index contributed by atoms with van der Waals surface area (Å²) in [6.07, 6.45) is 2.12. The molecule has 1 atom stereocenters. The molecule has 9 heteroatoms. The Morgan fingerprint density at radius 3 is 2.38 bits per heavy atom. The normalized spacial score (nSPS) is 16.8. The lowest BCUT2D eigenvalue weighted by molar-refractivity contribution is 0.340. The Balaban J connectivity index is 1.88. The fourth-order valence-electron chi connectivity index (χ4n) is 2.13.